The number of amides is 1. The lowest BCUT2D eigenvalue weighted by atomic mass is 10.1. The summed E-state index contributed by atoms with van der Waals surface area (Å²) in [6.45, 7) is 2.24. The lowest BCUT2D eigenvalue weighted by Gasteiger charge is -2.13. The monoisotopic (exact) mass is 255 g/mol. The third kappa shape index (κ3) is 4.75. The number of alkyl halides is 1. The molecule has 0 fully saturated rings. The molecule has 2 unspecified atom stereocenters. The molecule has 94 valence electrons. The van der Waals surface area contributed by atoms with Gasteiger partial charge in [-0.25, -0.2) is 0 Å². The molecule has 2 N–H and O–H groups in total. The van der Waals surface area contributed by atoms with Crippen LogP contribution in [-0.4, -0.2) is 23.7 Å². The number of carbonyl (C=O) groups is 1. The number of aliphatic hydroxyl groups excluding tert-OH is 1. The number of hydrogen-bond donors (Lipinski definition) is 2. The van der Waals surface area contributed by atoms with Crippen LogP contribution in [0.25, 0.3) is 0 Å². The van der Waals surface area contributed by atoms with E-state index >= 15 is 0 Å². The van der Waals surface area contributed by atoms with Crippen LogP contribution in [-0.2, 0) is 4.79 Å². The fraction of sp³-hybridized carbons (Fsp3) is 0.462. The molecule has 0 saturated heterocycles. The highest BCUT2D eigenvalue weighted by Gasteiger charge is 2.17. The Morgan fingerprint density at radius 3 is 2.65 bits per heavy atom. The molecular weight excluding hydrogens is 238 g/mol. The van der Waals surface area contributed by atoms with Crippen molar-refractivity contribution >= 4 is 17.5 Å². The smallest absolute Gasteiger partial charge is 0.242 e. The van der Waals surface area contributed by atoms with Crippen molar-refractivity contribution in [1.29, 1.82) is 0 Å². The maximum Gasteiger partial charge on any atom is 0.242 e. The van der Waals surface area contributed by atoms with Crippen molar-refractivity contribution in [2.45, 2.75) is 31.2 Å². The van der Waals surface area contributed by atoms with Crippen LogP contribution in [0.3, 0.4) is 0 Å². The number of rotatable bonds is 6. The zero-order valence-corrected chi connectivity index (χ0v) is 10.7. The predicted molar refractivity (Wildman–Crippen MR) is 69.0 cm³/mol. The lowest BCUT2D eigenvalue weighted by molar-refractivity contribution is -0.121. The molecule has 17 heavy (non-hydrogen) atoms. The number of hydrogen-bond acceptors (Lipinski definition) is 2. The van der Waals surface area contributed by atoms with Crippen molar-refractivity contribution in [1.82, 2.24) is 5.32 Å². The highest BCUT2D eigenvalue weighted by atomic mass is 35.5. The van der Waals surface area contributed by atoms with Crippen molar-refractivity contribution in [2.75, 3.05) is 6.54 Å². The van der Waals surface area contributed by atoms with E-state index in [1.807, 2.05) is 25.1 Å². The van der Waals surface area contributed by atoms with Gasteiger partial charge < -0.3 is 10.4 Å². The molecule has 0 radical (unpaired) electrons. The van der Waals surface area contributed by atoms with Gasteiger partial charge in [0.25, 0.3) is 0 Å². The number of aliphatic hydroxyl groups is 1. The van der Waals surface area contributed by atoms with Gasteiger partial charge in [0.1, 0.15) is 5.38 Å². The van der Waals surface area contributed by atoms with Gasteiger partial charge in [-0.3, -0.25) is 4.79 Å². The summed E-state index contributed by atoms with van der Waals surface area (Å²) in [7, 11) is 0. The highest BCUT2D eigenvalue weighted by Crippen LogP contribution is 2.19. The normalized spacial score (nSPS) is 14.1. The Balaban J connectivity index is 2.43. The summed E-state index contributed by atoms with van der Waals surface area (Å²) in [4.78, 5) is 11.7. The van der Waals surface area contributed by atoms with Crippen molar-refractivity contribution in [3.05, 3.63) is 35.9 Å². The van der Waals surface area contributed by atoms with Crippen LogP contribution in [0, 0.1) is 0 Å². The Morgan fingerprint density at radius 1 is 1.41 bits per heavy atom. The molecule has 1 amide bonds. The maximum absolute atomic E-state index is 11.7. The fourth-order valence-corrected chi connectivity index (χ4v) is 1.74. The summed E-state index contributed by atoms with van der Waals surface area (Å²) in [5, 5.41) is 11.4. The SMILES string of the molecule is CCCC(O)CNC(=O)C(Cl)c1ccccc1. The Hall–Kier alpha value is -1.06. The molecule has 1 aromatic carbocycles. The second-order valence-electron chi connectivity index (χ2n) is 3.96. The minimum atomic E-state index is -0.704. The Kier molecular flexibility index (Phi) is 6.01. The first-order chi connectivity index (χ1) is 8.15. The van der Waals surface area contributed by atoms with Crippen molar-refractivity contribution in [3.8, 4) is 0 Å². The standard InChI is InChI=1S/C13H18ClNO2/c1-2-6-11(16)9-15-13(17)12(14)10-7-4-3-5-8-10/h3-5,7-8,11-12,16H,2,6,9H2,1H3,(H,15,17). The summed E-state index contributed by atoms with van der Waals surface area (Å²) in [5.41, 5.74) is 0.761. The number of benzene rings is 1. The molecular formula is C13H18ClNO2. The third-order valence-corrected chi connectivity index (χ3v) is 2.91. The molecule has 0 aliphatic carbocycles. The molecule has 0 aliphatic heterocycles. The van der Waals surface area contributed by atoms with Gasteiger partial charge in [0.05, 0.1) is 6.10 Å². The van der Waals surface area contributed by atoms with Gasteiger partial charge in [0, 0.05) is 6.54 Å². The first kappa shape index (κ1) is 14.0. The van der Waals surface area contributed by atoms with E-state index in [1.54, 1.807) is 12.1 Å². The van der Waals surface area contributed by atoms with E-state index in [0.717, 1.165) is 12.0 Å². The van der Waals surface area contributed by atoms with Gasteiger partial charge in [-0.1, -0.05) is 43.7 Å². The molecule has 4 heteroatoms. The second-order valence-corrected chi connectivity index (χ2v) is 4.40. The van der Waals surface area contributed by atoms with E-state index in [0.29, 0.717) is 6.42 Å². The first-order valence-electron chi connectivity index (χ1n) is 5.80. The van der Waals surface area contributed by atoms with E-state index in [2.05, 4.69) is 5.32 Å². The molecule has 1 aromatic rings. The minimum absolute atomic E-state index is 0.253. The Bertz CT molecular complexity index is 343. The van der Waals surface area contributed by atoms with Crippen LogP contribution in [0.5, 0.6) is 0 Å². The summed E-state index contributed by atoms with van der Waals surface area (Å²) >= 11 is 6.02. The van der Waals surface area contributed by atoms with Crippen molar-refractivity contribution < 1.29 is 9.90 Å². The van der Waals surface area contributed by atoms with Crippen molar-refractivity contribution in [3.63, 3.8) is 0 Å². The Morgan fingerprint density at radius 2 is 2.06 bits per heavy atom. The number of halogens is 1. The van der Waals surface area contributed by atoms with Gasteiger partial charge in [-0.05, 0) is 12.0 Å². The zero-order valence-electron chi connectivity index (χ0n) is 9.90. The summed E-state index contributed by atoms with van der Waals surface area (Å²) < 4.78 is 0. The van der Waals surface area contributed by atoms with Crippen LogP contribution < -0.4 is 5.32 Å². The molecule has 0 saturated carbocycles. The third-order valence-electron chi connectivity index (χ3n) is 2.46. The lowest BCUT2D eigenvalue weighted by Crippen LogP contribution is -2.34. The van der Waals surface area contributed by atoms with Crippen molar-refractivity contribution in [2.24, 2.45) is 0 Å². The molecule has 2 atom stereocenters. The maximum atomic E-state index is 11.7. The first-order valence-corrected chi connectivity index (χ1v) is 6.23. The van der Waals surface area contributed by atoms with E-state index < -0.39 is 11.5 Å². The van der Waals surface area contributed by atoms with Gasteiger partial charge in [0.15, 0.2) is 0 Å². The zero-order chi connectivity index (χ0) is 12.7. The molecule has 0 bridgehead atoms. The molecule has 0 heterocycles. The summed E-state index contributed by atoms with van der Waals surface area (Å²) in [5.74, 6) is -0.270. The van der Waals surface area contributed by atoms with Crippen LogP contribution in [0.1, 0.15) is 30.7 Å². The topological polar surface area (TPSA) is 49.3 Å². The van der Waals surface area contributed by atoms with Gasteiger partial charge in [-0.2, -0.15) is 0 Å². The predicted octanol–water partition coefficient (Wildman–Crippen LogP) is 2.24. The van der Waals surface area contributed by atoms with E-state index in [4.69, 9.17) is 11.6 Å². The molecule has 3 nitrogen and oxygen atoms in total. The second kappa shape index (κ2) is 7.30. The van der Waals surface area contributed by atoms with Gasteiger partial charge in [0.2, 0.25) is 5.91 Å². The molecule has 0 aliphatic rings. The van der Waals surface area contributed by atoms with E-state index in [1.165, 1.54) is 0 Å². The van der Waals surface area contributed by atoms with E-state index in [9.17, 15) is 9.90 Å². The van der Waals surface area contributed by atoms with Crippen LogP contribution in [0.2, 0.25) is 0 Å². The molecule has 1 rings (SSSR count). The van der Waals surface area contributed by atoms with Crippen LogP contribution in [0.15, 0.2) is 30.3 Å². The average Bonchev–Trinajstić information content (AvgIpc) is 2.36. The summed E-state index contributed by atoms with van der Waals surface area (Å²) in [6.07, 6.45) is 1.07. The molecule has 0 aromatic heterocycles. The number of carbonyl (C=O) groups excluding carboxylic acids is 1. The average molecular weight is 256 g/mol. The fourth-order valence-electron chi connectivity index (χ4n) is 1.52. The largest absolute Gasteiger partial charge is 0.391 e. The van der Waals surface area contributed by atoms with Gasteiger partial charge in [-0.15, -0.1) is 11.6 Å². The molecule has 0 spiro atoms. The minimum Gasteiger partial charge on any atom is -0.391 e. The Labute approximate surface area is 107 Å². The highest BCUT2D eigenvalue weighted by molar-refractivity contribution is 6.30. The van der Waals surface area contributed by atoms with Crippen LogP contribution in [0.4, 0.5) is 0 Å². The van der Waals surface area contributed by atoms with E-state index in [-0.39, 0.29) is 12.5 Å². The number of nitrogens with one attached hydrogen (secondary N) is 1. The van der Waals surface area contributed by atoms with Gasteiger partial charge >= 0.3 is 0 Å². The van der Waals surface area contributed by atoms with Crippen LogP contribution >= 0.6 is 11.6 Å². The summed E-state index contributed by atoms with van der Waals surface area (Å²) in [6, 6.07) is 9.16. The quantitative estimate of drug-likeness (QED) is 0.766.